The molecule has 2 aromatic rings. The van der Waals surface area contributed by atoms with Crippen molar-refractivity contribution in [1.82, 2.24) is 0 Å². The molecule has 0 amide bonds. The predicted molar refractivity (Wildman–Crippen MR) is 84.0 cm³/mol. The zero-order valence-corrected chi connectivity index (χ0v) is 14.0. The third-order valence-corrected chi connectivity index (χ3v) is 3.96. The Balaban J connectivity index is 2.28. The van der Waals surface area contributed by atoms with E-state index >= 15 is 0 Å². The molecule has 2 rings (SSSR count). The van der Waals surface area contributed by atoms with Crippen LogP contribution in [0.5, 0.6) is 11.5 Å². The average molecular weight is 407 g/mol. The molecule has 0 bridgehead atoms. The highest BCUT2D eigenvalue weighted by atomic mass is 79.9. The number of hydrogen-bond acceptors (Lipinski definition) is 2. The van der Waals surface area contributed by atoms with Crippen LogP contribution in [0.2, 0.25) is 5.02 Å². The van der Waals surface area contributed by atoms with Crippen LogP contribution in [-0.2, 0) is 0 Å². The molecule has 0 aliphatic carbocycles. The summed E-state index contributed by atoms with van der Waals surface area (Å²) in [4.78, 5) is 0. The van der Waals surface area contributed by atoms with E-state index in [1.54, 1.807) is 25.1 Å². The van der Waals surface area contributed by atoms with Gasteiger partial charge in [0, 0.05) is 4.47 Å². The van der Waals surface area contributed by atoms with E-state index in [1.807, 2.05) is 18.2 Å². The summed E-state index contributed by atoms with van der Waals surface area (Å²) in [5.41, 5.74) is 0.820. The van der Waals surface area contributed by atoms with Gasteiger partial charge in [-0.2, -0.15) is 0 Å². The largest absolute Gasteiger partial charge is 0.455 e. The van der Waals surface area contributed by atoms with Crippen LogP contribution in [-0.4, -0.2) is 5.11 Å². The molecule has 0 aliphatic heterocycles. The minimum absolute atomic E-state index is 0.512. The highest BCUT2D eigenvalue weighted by Crippen LogP contribution is 2.36. The summed E-state index contributed by atoms with van der Waals surface area (Å²) in [7, 11) is 0. The Morgan fingerprint density at radius 1 is 1.11 bits per heavy atom. The zero-order chi connectivity index (χ0) is 14.0. The molecule has 0 spiro atoms. The third kappa shape index (κ3) is 3.72. The lowest BCUT2D eigenvalue weighted by Crippen LogP contribution is -1.92. The summed E-state index contributed by atoms with van der Waals surface area (Å²) < 4.78 is 7.41. The fourth-order valence-electron chi connectivity index (χ4n) is 1.54. The number of benzene rings is 2. The summed E-state index contributed by atoms with van der Waals surface area (Å²) in [6.45, 7) is 1.72. The predicted octanol–water partition coefficient (Wildman–Crippen LogP) is 5.71. The van der Waals surface area contributed by atoms with Gasteiger partial charge in [0.1, 0.15) is 11.5 Å². The molecule has 2 aromatic carbocycles. The molecule has 0 saturated carbocycles. The number of hydrogen-bond donors (Lipinski definition) is 1. The van der Waals surface area contributed by atoms with Crippen LogP contribution in [0.25, 0.3) is 0 Å². The van der Waals surface area contributed by atoms with E-state index in [0.29, 0.717) is 16.5 Å². The third-order valence-electron chi connectivity index (χ3n) is 2.55. The summed E-state index contributed by atoms with van der Waals surface area (Å²) in [5, 5.41) is 10.0. The van der Waals surface area contributed by atoms with Crippen LogP contribution >= 0.6 is 43.5 Å². The lowest BCUT2D eigenvalue weighted by Gasteiger charge is -2.12. The van der Waals surface area contributed by atoms with Crippen LogP contribution in [0, 0.1) is 0 Å². The monoisotopic (exact) mass is 404 g/mol. The van der Waals surface area contributed by atoms with Gasteiger partial charge < -0.3 is 9.84 Å². The van der Waals surface area contributed by atoms with Crippen LogP contribution in [0.3, 0.4) is 0 Å². The number of aliphatic hydroxyl groups excluding tert-OH is 1. The number of rotatable bonds is 3. The van der Waals surface area contributed by atoms with Crippen molar-refractivity contribution in [2.75, 3.05) is 0 Å². The van der Waals surface area contributed by atoms with E-state index < -0.39 is 6.10 Å². The molecular weight excluding hydrogens is 395 g/mol. The molecular formula is C14H11Br2ClO2. The molecule has 0 saturated heterocycles. The minimum Gasteiger partial charge on any atom is -0.455 e. The van der Waals surface area contributed by atoms with E-state index in [2.05, 4.69) is 31.9 Å². The molecule has 5 heteroatoms. The van der Waals surface area contributed by atoms with Crippen LogP contribution in [0.15, 0.2) is 45.3 Å². The fraction of sp³-hybridized carbons (Fsp3) is 0.143. The lowest BCUT2D eigenvalue weighted by atomic mass is 10.1. The molecule has 0 fully saturated rings. The summed E-state index contributed by atoms with van der Waals surface area (Å²) >= 11 is 12.9. The van der Waals surface area contributed by atoms with Gasteiger partial charge in [-0.1, -0.05) is 33.6 Å². The van der Waals surface area contributed by atoms with Crippen molar-refractivity contribution >= 4 is 43.5 Å². The first-order chi connectivity index (χ1) is 8.97. The quantitative estimate of drug-likeness (QED) is 0.707. The first-order valence-electron chi connectivity index (χ1n) is 5.58. The molecule has 19 heavy (non-hydrogen) atoms. The van der Waals surface area contributed by atoms with Crippen LogP contribution in [0.1, 0.15) is 18.6 Å². The highest BCUT2D eigenvalue weighted by molar-refractivity contribution is 9.10. The van der Waals surface area contributed by atoms with Gasteiger partial charge in [-0.05, 0) is 58.7 Å². The second-order valence-electron chi connectivity index (χ2n) is 4.04. The maximum absolute atomic E-state index is 9.52. The number of ether oxygens (including phenoxy) is 1. The van der Waals surface area contributed by atoms with Gasteiger partial charge in [-0.15, -0.1) is 0 Å². The topological polar surface area (TPSA) is 29.5 Å². The summed E-state index contributed by atoms with van der Waals surface area (Å²) in [6, 6.07) is 10.9. The average Bonchev–Trinajstić information content (AvgIpc) is 2.34. The Bertz CT molecular complexity index is 600. The maximum atomic E-state index is 9.52. The van der Waals surface area contributed by atoms with Gasteiger partial charge in [0.25, 0.3) is 0 Å². The first kappa shape index (κ1) is 14.9. The van der Waals surface area contributed by atoms with E-state index in [-0.39, 0.29) is 0 Å². The molecule has 1 atom stereocenters. The summed E-state index contributed by atoms with van der Waals surface area (Å²) in [6.07, 6.45) is -0.512. The molecule has 0 heterocycles. The van der Waals surface area contributed by atoms with Gasteiger partial charge in [0.05, 0.1) is 15.6 Å². The van der Waals surface area contributed by atoms with Crippen molar-refractivity contribution in [1.29, 1.82) is 0 Å². The Hall–Kier alpha value is -0.550. The standard InChI is InChI=1S/C14H11Br2ClO2/c1-8(18)9-2-4-13(11(16)6-9)19-14-5-3-10(15)7-12(14)17/h2-8,18H,1H3/t8-/m0/s1. The van der Waals surface area contributed by atoms with Gasteiger partial charge in [-0.3, -0.25) is 0 Å². The second kappa shape index (κ2) is 6.27. The molecule has 0 aromatic heterocycles. The first-order valence-corrected chi connectivity index (χ1v) is 7.54. The van der Waals surface area contributed by atoms with Gasteiger partial charge in [-0.25, -0.2) is 0 Å². The van der Waals surface area contributed by atoms with Crippen molar-refractivity contribution in [2.24, 2.45) is 0 Å². The van der Waals surface area contributed by atoms with E-state index in [1.165, 1.54) is 0 Å². The normalized spacial score (nSPS) is 12.3. The molecule has 100 valence electrons. The van der Waals surface area contributed by atoms with Crippen molar-refractivity contribution in [3.63, 3.8) is 0 Å². The molecule has 0 unspecified atom stereocenters. The van der Waals surface area contributed by atoms with Gasteiger partial charge in [0.2, 0.25) is 0 Å². The Labute approximate surface area is 133 Å². The molecule has 0 radical (unpaired) electrons. The van der Waals surface area contributed by atoms with E-state index in [9.17, 15) is 5.11 Å². The molecule has 1 N–H and O–H groups in total. The van der Waals surface area contributed by atoms with E-state index in [4.69, 9.17) is 16.3 Å². The van der Waals surface area contributed by atoms with Crippen LogP contribution < -0.4 is 4.74 Å². The fourth-order valence-corrected chi connectivity index (χ4v) is 2.73. The van der Waals surface area contributed by atoms with E-state index in [0.717, 1.165) is 14.5 Å². The summed E-state index contributed by atoms with van der Waals surface area (Å²) in [5.74, 6) is 1.23. The number of aliphatic hydroxyl groups is 1. The Morgan fingerprint density at radius 2 is 1.79 bits per heavy atom. The Kier molecular flexibility index (Phi) is 4.90. The minimum atomic E-state index is -0.512. The second-order valence-corrected chi connectivity index (χ2v) is 6.22. The highest BCUT2D eigenvalue weighted by Gasteiger charge is 2.09. The van der Waals surface area contributed by atoms with Crippen molar-refractivity contribution in [2.45, 2.75) is 13.0 Å². The van der Waals surface area contributed by atoms with Gasteiger partial charge in [0.15, 0.2) is 0 Å². The molecule has 2 nitrogen and oxygen atoms in total. The van der Waals surface area contributed by atoms with Crippen LogP contribution in [0.4, 0.5) is 0 Å². The lowest BCUT2D eigenvalue weighted by molar-refractivity contribution is 0.199. The SMILES string of the molecule is C[C@H](O)c1ccc(Oc2ccc(Br)cc2Cl)c(Br)c1. The number of halogens is 3. The van der Waals surface area contributed by atoms with Crippen molar-refractivity contribution in [3.05, 3.63) is 55.9 Å². The van der Waals surface area contributed by atoms with Crippen molar-refractivity contribution in [3.8, 4) is 11.5 Å². The molecule has 0 aliphatic rings. The smallest absolute Gasteiger partial charge is 0.146 e. The Morgan fingerprint density at radius 3 is 2.37 bits per heavy atom. The zero-order valence-electron chi connectivity index (χ0n) is 10.0. The van der Waals surface area contributed by atoms with Gasteiger partial charge >= 0.3 is 0 Å². The maximum Gasteiger partial charge on any atom is 0.146 e. The van der Waals surface area contributed by atoms with Crippen molar-refractivity contribution < 1.29 is 9.84 Å².